The van der Waals surface area contributed by atoms with Crippen molar-refractivity contribution in [3.05, 3.63) is 28.2 Å². The van der Waals surface area contributed by atoms with E-state index in [9.17, 15) is 14.7 Å². The number of carbonyl (C=O) groups is 2. The molecule has 0 spiro atoms. The van der Waals surface area contributed by atoms with E-state index in [0.717, 1.165) is 6.42 Å². The molecule has 1 aromatic rings. The Morgan fingerprint density at radius 2 is 2.14 bits per heavy atom. The highest BCUT2D eigenvalue weighted by atomic mass is 35.5. The lowest BCUT2D eigenvalue weighted by atomic mass is 10.2. The molecule has 116 valence electrons. The fourth-order valence-corrected chi connectivity index (χ4v) is 2.00. The van der Waals surface area contributed by atoms with Crippen molar-refractivity contribution in [1.82, 2.24) is 0 Å². The Labute approximate surface area is 132 Å². The molecule has 0 aliphatic carbocycles. The number of benzene rings is 1. The van der Waals surface area contributed by atoms with Crippen LogP contribution in [0.1, 0.15) is 26.2 Å². The summed E-state index contributed by atoms with van der Waals surface area (Å²) in [4.78, 5) is 22.3. The molecular formula is C14H16Cl2O5. The van der Waals surface area contributed by atoms with Gasteiger partial charge in [0, 0.05) is 5.02 Å². The summed E-state index contributed by atoms with van der Waals surface area (Å²) in [5.74, 6) is -3.40. The van der Waals surface area contributed by atoms with Crippen molar-refractivity contribution in [3.8, 4) is 5.75 Å². The van der Waals surface area contributed by atoms with E-state index in [1.165, 1.54) is 18.2 Å². The standard InChI is InChI=1S/C14H16Cl2O5/c1-2-3-8-20-14(6-7-17,13(18)19)21-12-5-4-10(15)9-11(12)16/h4-5,7,9H,2-3,6,8H2,1H3,(H,18,19). The molecule has 1 N–H and O–H groups in total. The number of halogens is 2. The molecule has 0 fully saturated rings. The van der Waals surface area contributed by atoms with Gasteiger partial charge in [0.1, 0.15) is 12.0 Å². The topological polar surface area (TPSA) is 72.8 Å². The zero-order valence-electron chi connectivity index (χ0n) is 11.5. The van der Waals surface area contributed by atoms with Crippen LogP contribution in [-0.4, -0.2) is 29.8 Å². The molecule has 0 aliphatic heterocycles. The maximum atomic E-state index is 11.5. The second-order valence-corrected chi connectivity index (χ2v) is 5.15. The third-order valence-electron chi connectivity index (χ3n) is 2.68. The van der Waals surface area contributed by atoms with E-state index >= 15 is 0 Å². The van der Waals surface area contributed by atoms with Crippen molar-refractivity contribution < 1.29 is 24.2 Å². The van der Waals surface area contributed by atoms with E-state index in [2.05, 4.69) is 0 Å². The quantitative estimate of drug-likeness (QED) is 0.424. The Morgan fingerprint density at radius 3 is 2.67 bits per heavy atom. The van der Waals surface area contributed by atoms with Crippen molar-refractivity contribution in [3.63, 3.8) is 0 Å². The van der Waals surface area contributed by atoms with Crippen molar-refractivity contribution >= 4 is 35.5 Å². The first-order valence-corrected chi connectivity index (χ1v) is 7.16. The summed E-state index contributed by atoms with van der Waals surface area (Å²) in [7, 11) is 0. The van der Waals surface area contributed by atoms with Gasteiger partial charge in [0.15, 0.2) is 0 Å². The van der Waals surface area contributed by atoms with Gasteiger partial charge in [0.05, 0.1) is 18.1 Å². The highest BCUT2D eigenvalue weighted by Crippen LogP contribution is 2.32. The fraction of sp³-hybridized carbons (Fsp3) is 0.429. The molecular weight excluding hydrogens is 319 g/mol. The molecule has 0 heterocycles. The van der Waals surface area contributed by atoms with Crippen LogP contribution in [0.4, 0.5) is 0 Å². The number of hydrogen-bond donors (Lipinski definition) is 1. The van der Waals surface area contributed by atoms with E-state index in [1.54, 1.807) is 0 Å². The number of ether oxygens (including phenoxy) is 2. The molecule has 0 saturated carbocycles. The Bertz CT molecular complexity index is 506. The Hall–Kier alpha value is -1.30. The first kappa shape index (κ1) is 17.8. The molecule has 0 radical (unpaired) electrons. The number of carboxylic acids is 1. The first-order chi connectivity index (χ1) is 9.95. The Kier molecular flexibility index (Phi) is 6.95. The summed E-state index contributed by atoms with van der Waals surface area (Å²) in [6, 6.07) is 4.34. The molecule has 0 aromatic heterocycles. The van der Waals surface area contributed by atoms with Crippen LogP contribution in [0, 0.1) is 0 Å². The predicted octanol–water partition coefficient (Wildman–Crippen LogP) is 3.56. The monoisotopic (exact) mass is 334 g/mol. The third kappa shape index (κ3) is 4.88. The second kappa shape index (κ2) is 8.22. The van der Waals surface area contributed by atoms with Crippen molar-refractivity contribution in [2.45, 2.75) is 32.0 Å². The summed E-state index contributed by atoms with van der Waals surface area (Å²) >= 11 is 11.7. The van der Waals surface area contributed by atoms with Crippen LogP contribution in [0.15, 0.2) is 18.2 Å². The molecule has 0 amide bonds. The fourth-order valence-electron chi connectivity index (χ4n) is 1.55. The molecule has 7 heteroatoms. The van der Waals surface area contributed by atoms with Gasteiger partial charge in [-0.15, -0.1) is 0 Å². The third-order valence-corrected chi connectivity index (χ3v) is 3.21. The summed E-state index contributed by atoms with van der Waals surface area (Å²) in [5.41, 5.74) is 0. The molecule has 1 aromatic carbocycles. The largest absolute Gasteiger partial charge is 0.476 e. The molecule has 5 nitrogen and oxygen atoms in total. The SMILES string of the molecule is CCCCOC(CC=O)(Oc1ccc(Cl)cc1Cl)C(=O)O. The van der Waals surface area contributed by atoms with Crippen molar-refractivity contribution in [2.75, 3.05) is 6.61 Å². The zero-order chi connectivity index (χ0) is 15.9. The van der Waals surface area contributed by atoms with Gasteiger partial charge < -0.3 is 19.4 Å². The van der Waals surface area contributed by atoms with Gasteiger partial charge in [-0.3, -0.25) is 0 Å². The van der Waals surface area contributed by atoms with Crippen LogP contribution in [0.2, 0.25) is 10.0 Å². The molecule has 0 aliphatic rings. The average molecular weight is 335 g/mol. The van der Waals surface area contributed by atoms with E-state index in [-0.39, 0.29) is 17.4 Å². The number of hydrogen-bond acceptors (Lipinski definition) is 4. The lowest BCUT2D eigenvalue weighted by Gasteiger charge is -2.29. The maximum Gasteiger partial charge on any atom is 0.377 e. The minimum Gasteiger partial charge on any atom is -0.476 e. The Morgan fingerprint density at radius 1 is 1.43 bits per heavy atom. The smallest absolute Gasteiger partial charge is 0.377 e. The molecule has 1 unspecified atom stereocenters. The van der Waals surface area contributed by atoms with Crippen LogP contribution in [0.5, 0.6) is 5.75 Å². The summed E-state index contributed by atoms with van der Waals surface area (Å²) < 4.78 is 10.7. The highest BCUT2D eigenvalue weighted by Gasteiger charge is 2.43. The van der Waals surface area contributed by atoms with Crippen LogP contribution >= 0.6 is 23.2 Å². The van der Waals surface area contributed by atoms with E-state index < -0.39 is 18.2 Å². The maximum absolute atomic E-state index is 11.5. The normalized spacial score (nSPS) is 13.5. The summed E-state index contributed by atoms with van der Waals surface area (Å²) in [5, 5.41) is 9.90. The summed E-state index contributed by atoms with van der Waals surface area (Å²) in [6.45, 7) is 2.09. The number of rotatable bonds is 9. The van der Waals surface area contributed by atoms with Gasteiger partial charge in [0.2, 0.25) is 0 Å². The second-order valence-electron chi connectivity index (χ2n) is 4.31. The van der Waals surface area contributed by atoms with Gasteiger partial charge >= 0.3 is 11.8 Å². The van der Waals surface area contributed by atoms with Crippen LogP contribution in [0.25, 0.3) is 0 Å². The van der Waals surface area contributed by atoms with Gasteiger partial charge in [-0.25, -0.2) is 4.79 Å². The lowest BCUT2D eigenvalue weighted by Crippen LogP contribution is -2.48. The van der Waals surface area contributed by atoms with Gasteiger partial charge in [-0.1, -0.05) is 36.5 Å². The molecule has 1 rings (SSSR count). The van der Waals surface area contributed by atoms with Crippen molar-refractivity contribution in [1.29, 1.82) is 0 Å². The van der Waals surface area contributed by atoms with E-state index in [0.29, 0.717) is 17.7 Å². The van der Waals surface area contributed by atoms with E-state index in [1.807, 2.05) is 6.92 Å². The van der Waals surface area contributed by atoms with Crippen molar-refractivity contribution in [2.24, 2.45) is 0 Å². The number of aldehydes is 1. The number of unbranched alkanes of at least 4 members (excludes halogenated alkanes) is 1. The minimum atomic E-state index is -2.09. The van der Waals surface area contributed by atoms with Gasteiger partial charge in [-0.05, 0) is 24.6 Å². The van der Waals surface area contributed by atoms with Gasteiger partial charge in [-0.2, -0.15) is 0 Å². The number of aliphatic carboxylic acids is 1. The number of carboxylic acid groups (broad SMARTS) is 1. The predicted molar refractivity (Wildman–Crippen MR) is 79.0 cm³/mol. The molecule has 1 atom stereocenters. The van der Waals surface area contributed by atoms with Crippen LogP contribution in [-0.2, 0) is 14.3 Å². The number of carbonyl (C=O) groups excluding carboxylic acids is 1. The summed E-state index contributed by atoms with van der Waals surface area (Å²) in [6.07, 6.45) is 1.44. The van der Waals surface area contributed by atoms with E-state index in [4.69, 9.17) is 32.7 Å². The molecule has 0 saturated heterocycles. The average Bonchev–Trinajstić information content (AvgIpc) is 2.42. The highest BCUT2D eigenvalue weighted by molar-refractivity contribution is 6.35. The lowest BCUT2D eigenvalue weighted by molar-refractivity contribution is -0.213. The Balaban J connectivity index is 3.04. The molecule has 0 bridgehead atoms. The zero-order valence-corrected chi connectivity index (χ0v) is 13.0. The first-order valence-electron chi connectivity index (χ1n) is 6.40. The van der Waals surface area contributed by atoms with Crippen LogP contribution < -0.4 is 4.74 Å². The van der Waals surface area contributed by atoms with Crippen LogP contribution in [0.3, 0.4) is 0 Å². The molecule has 21 heavy (non-hydrogen) atoms. The minimum absolute atomic E-state index is 0.0850. The van der Waals surface area contributed by atoms with Gasteiger partial charge in [0.25, 0.3) is 0 Å².